The number of aliphatic hydroxyl groups excluding tert-OH is 7. The van der Waals surface area contributed by atoms with Gasteiger partial charge in [0.1, 0.15) is 42.7 Å². The van der Waals surface area contributed by atoms with Crippen LogP contribution >= 0.6 is 0 Å². The minimum absolute atomic E-state index is 0.349. The van der Waals surface area contributed by atoms with Gasteiger partial charge in [-0.3, -0.25) is 0 Å². The second-order valence-electron chi connectivity index (χ2n) is 5.08. The summed E-state index contributed by atoms with van der Waals surface area (Å²) in [6, 6.07) is 0. The fraction of sp³-hybridized carbons (Fsp3) is 1.00. The third-order valence-electron chi connectivity index (χ3n) is 3.61. The SMILES string of the molecule is OC[C@H]1O[C@@H](OC[C@H]2OC(O)[C@@H](O)[C@@H]2O)[C@H](O)[C@@H](O)[C@@H]1O. The first kappa shape index (κ1) is 17.0. The fourth-order valence-electron chi connectivity index (χ4n) is 2.26. The number of hydrogen-bond acceptors (Lipinski definition) is 10. The summed E-state index contributed by atoms with van der Waals surface area (Å²) in [6.45, 7) is -0.942. The molecule has 124 valence electrons. The molecule has 0 aliphatic carbocycles. The van der Waals surface area contributed by atoms with Gasteiger partial charge >= 0.3 is 0 Å². The second-order valence-corrected chi connectivity index (χ2v) is 5.08. The van der Waals surface area contributed by atoms with Gasteiger partial charge in [-0.2, -0.15) is 0 Å². The summed E-state index contributed by atoms with van der Waals surface area (Å²) < 4.78 is 15.1. The fourth-order valence-corrected chi connectivity index (χ4v) is 2.26. The molecule has 10 nitrogen and oxygen atoms in total. The van der Waals surface area contributed by atoms with Crippen LogP contribution in [0.15, 0.2) is 0 Å². The van der Waals surface area contributed by atoms with Crippen molar-refractivity contribution < 1.29 is 50.0 Å². The van der Waals surface area contributed by atoms with Crippen LogP contribution in [0.5, 0.6) is 0 Å². The largest absolute Gasteiger partial charge is 0.394 e. The molecule has 21 heavy (non-hydrogen) atoms. The maximum absolute atomic E-state index is 9.72. The summed E-state index contributed by atoms with van der Waals surface area (Å²) in [6.07, 6.45) is -12.6. The molecule has 0 bridgehead atoms. The van der Waals surface area contributed by atoms with Gasteiger partial charge in [-0.05, 0) is 0 Å². The molecule has 2 fully saturated rings. The van der Waals surface area contributed by atoms with Gasteiger partial charge < -0.3 is 50.0 Å². The highest BCUT2D eigenvalue weighted by Gasteiger charge is 2.46. The summed E-state index contributed by atoms with van der Waals surface area (Å²) in [5.74, 6) is 0. The Morgan fingerprint density at radius 1 is 0.714 bits per heavy atom. The molecular formula is C11H20O10. The molecular weight excluding hydrogens is 292 g/mol. The maximum Gasteiger partial charge on any atom is 0.186 e. The van der Waals surface area contributed by atoms with Crippen LogP contribution < -0.4 is 0 Å². The Labute approximate surface area is 119 Å². The van der Waals surface area contributed by atoms with E-state index < -0.39 is 61.9 Å². The zero-order chi connectivity index (χ0) is 15.7. The van der Waals surface area contributed by atoms with Crippen molar-refractivity contribution in [3.05, 3.63) is 0 Å². The number of aliphatic hydroxyl groups is 7. The molecule has 0 radical (unpaired) electrons. The van der Waals surface area contributed by atoms with Crippen LogP contribution in [0, 0.1) is 0 Å². The molecule has 0 spiro atoms. The Balaban J connectivity index is 1.90. The molecule has 7 N–H and O–H groups in total. The summed E-state index contributed by atoms with van der Waals surface area (Å²) in [5, 5.41) is 66.0. The normalized spacial score (nSPS) is 51.3. The van der Waals surface area contributed by atoms with Crippen molar-refractivity contribution in [3.63, 3.8) is 0 Å². The molecule has 0 aromatic heterocycles. The van der Waals surface area contributed by atoms with Crippen LogP contribution in [0.4, 0.5) is 0 Å². The smallest absolute Gasteiger partial charge is 0.186 e. The summed E-state index contributed by atoms with van der Waals surface area (Å²) in [5.41, 5.74) is 0. The molecule has 1 unspecified atom stereocenters. The highest BCUT2D eigenvalue weighted by molar-refractivity contribution is 4.90. The predicted molar refractivity (Wildman–Crippen MR) is 62.6 cm³/mol. The highest BCUT2D eigenvalue weighted by Crippen LogP contribution is 2.24. The van der Waals surface area contributed by atoms with E-state index in [1.165, 1.54) is 0 Å². The van der Waals surface area contributed by atoms with Gasteiger partial charge in [0.2, 0.25) is 0 Å². The van der Waals surface area contributed by atoms with E-state index in [2.05, 4.69) is 0 Å². The zero-order valence-electron chi connectivity index (χ0n) is 11.0. The topological polar surface area (TPSA) is 169 Å². The lowest BCUT2D eigenvalue weighted by Gasteiger charge is -2.39. The minimum atomic E-state index is -1.58. The first-order valence-electron chi connectivity index (χ1n) is 6.48. The molecule has 0 aromatic carbocycles. The molecule has 2 aliphatic heterocycles. The van der Waals surface area contributed by atoms with E-state index >= 15 is 0 Å². The van der Waals surface area contributed by atoms with Gasteiger partial charge in [0.25, 0.3) is 0 Å². The first-order valence-corrected chi connectivity index (χ1v) is 6.48. The molecule has 10 heteroatoms. The Bertz CT molecular complexity index is 339. The van der Waals surface area contributed by atoms with Crippen molar-refractivity contribution in [2.24, 2.45) is 0 Å². The number of ether oxygens (including phenoxy) is 3. The van der Waals surface area contributed by atoms with E-state index in [0.29, 0.717) is 0 Å². The van der Waals surface area contributed by atoms with Crippen molar-refractivity contribution in [1.82, 2.24) is 0 Å². The lowest BCUT2D eigenvalue weighted by atomic mass is 9.99. The van der Waals surface area contributed by atoms with E-state index in [4.69, 9.17) is 19.3 Å². The van der Waals surface area contributed by atoms with Gasteiger partial charge in [0, 0.05) is 0 Å². The number of rotatable bonds is 4. The predicted octanol–water partition coefficient (Wildman–Crippen LogP) is -4.76. The monoisotopic (exact) mass is 312 g/mol. The maximum atomic E-state index is 9.72. The van der Waals surface area contributed by atoms with E-state index in [1.807, 2.05) is 0 Å². The van der Waals surface area contributed by atoms with Crippen LogP contribution in [0.25, 0.3) is 0 Å². The summed E-state index contributed by atoms with van der Waals surface area (Å²) in [4.78, 5) is 0. The van der Waals surface area contributed by atoms with Gasteiger partial charge in [0.15, 0.2) is 12.6 Å². The molecule has 2 aliphatic rings. The van der Waals surface area contributed by atoms with Crippen molar-refractivity contribution in [3.8, 4) is 0 Å². The Morgan fingerprint density at radius 3 is 1.86 bits per heavy atom. The highest BCUT2D eigenvalue weighted by atomic mass is 16.7. The third kappa shape index (κ3) is 3.35. The molecule has 2 saturated heterocycles. The molecule has 2 rings (SSSR count). The van der Waals surface area contributed by atoms with Gasteiger partial charge in [0.05, 0.1) is 13.2 Å². The van der Waals surface area contributed by atoms with Gasteiger partial charge in [-0.1, -0.05) is 0 Å². The van der Waals surface area contributed by atoms with Gasteiger partial charge in [-0.25, -0.2) is 0 Å². The van der Waals surface area contributed by atoms with Crippen LogP contribution in [-0.4, -0.2) is 104 Å². The number of hydrogen-bond donors (Lipinski definition) is 7. The zero-order valence-corrected chi connectivity index (χ0v) is 11.0. The molecule has 0 amide bonds. The molecule has 0 aromatic rings. The lowest BCUT2D eigenvalue weighted by Crippen LogP contribution is -2.59. The third-order valence-corrected chi connectivity index (χ3v) is 3.61. The van der Waals surface area contributed by atoms with Crippen LogP contribution in [0.1, 0.15) is 0 Å². The van der Waals surface area contributed by atoms with Crippen molar-refractivity contribution in [1.29, 1.82) is 0 Å². The van der Waals surface area contributed by atoms with Crippen molar-refractivity contribution in [2.75, 3.05) is 13.2 Å². The first-order chi connectivity index (χ1) is 9.86. The van der Waals surface area contributed by atoms with Crippen LogP contribution in [0.3, 0.4) is 0 Å². The van der Waals surface area contributed by atoms with Crippen molar-refractivity contribution in [2.45, 2.75) is 55.3 Å². The lowest BCUT2D eigenvalue weighted by molar-refractivity contribution is -0.306. The second kappa shape index (κ2) is 6.79. The van der Waals surface area contributed by atoms with E-state index in [-0.39, 0.29) is 6.61 Å². The quantitative estimate of drug-likeness (QED) is 0.267. The molecule has 0 saturated carbocycles. The van der Waals surface area contributed by atoms with Gasteiger partial charge in [-0.15, -0.1) is 0 Å². The van der Waals surface area contributed by atoms with Crippen LogP contribution in [-0.2, 0) is 14.2 Å². The average Bonchev–Trinajstić information content (AvgIpc) is 2.71. The molecule has 9 atom stereocenters. The Hall–Kier alpha value is -0.400. The van der Waals surface area contributed by atoms with Crippen LogP contribution in [0.2, 0.25) is 0 Å². The summed E-state index contributed by atoms with van der Waals surface area (Å²) in [7, 11) is 0. The van der Waals surface area contributed by atoms with E-state index in [0.717, 1.165) is 0 Å². The Morgan fingerprint density at radius 2 is 1.33 bits per heavy atom. The van der Waals surface area contributed by atoms with E-state index in [9.17, 15) is 30.6 Å². The standard InChI is InChI=1S/C11H20O10/c12-1-3-5(13)7(15)9(17)11(21-3)19-2-4-6(14)8(16)10(18)20-4/h3-18H,1-2H2/t3-,4-,5-,6-,7+,8+,9-,10?,11-/m1/s1. The molecule has 2 heterocycles. The van der Waals surface area contributed by atoms with E-state index in [1.54, 1.807) is 0 Å². The average molecular weight is 312 g/mol. The summed E-state index contributed by atoms with van der Waals surface area (Å²) >= 11 is 0. The Kier molecular flexibility index (Phi) is 5.48. The minimum Gasteiger partial charge on any atom is -0.394 e. The van der Waals surface area contributed by atoms with Crippen molar-refractivity contribution >= 4 is 0 Å².